The minimum Gasteiger partial charge on any atom is -0.295 e. The molecule has 0 saturated carbocycles. The lowest BCUT2D eigenvalue weighted by atomic mass is 10.1. The number of halogens is 10. The van der Waals surface area contributed by atoms with Gasteiger partial charge >= 0.3 is 18.5 Å². The van der Waals surface area contributed by atoms with Crippen LogP contribution in [0, 0.1) is 0 Å². The number of alkyl halides is 9. The third kappa shape index (κ3) is 11.0. The second-order valence-electron chi connectivity index (χ2n) is 7.54. The first-order chi connectivity index (χ1) is 17.4. The third-order valence-electron chi connectivity index (χ3n) is 4.68. The zero-order chi connectivity index (χ0) is 29.3. The van der Waals surface area contributed by atoms with E-state index in [0.29, 0.717) is 12.0 Å². The van der Waals surface area contributed by atoms with Gasteiger partial charge in [-0.3, -0.25) is 9.59 Å². The Kier molecular flexibility index (Phi) is 11.6. The van der Waals surface area contributed by atoms with E-state index in [1.54, 1.807) is 6.07 Å². The number of Topliss-reactive ketones (excluding diaryl/α,β-unsaturated/α-hetero) is 1. The molecule has 0 radical (unpaired) electrons. The number of ketones is 1. The number of carbonyl (C=O) groups is 2. The third-order valence-corrected chi connectivity index (χ3v) is 4.89. The molecule has 0 saturated heterocycles. The first-order valence-corrected chi connectivity index (χ1v) is 11.0. The van der Waals surface area contributed by atoms with Crippen LogP contribution in [0.25, 0.3) is 0 Å². The van der Waals surface area contributed by atoms with Crippen molar-refractivity contribution in [1.82, 2.24) is 0 Å². The highest BCUT2D eigenvalue weighted by Gasteiger charge is 2.32. The zero-order valence-corrected chi connectivity index (χ0v) is 20.5. The van der Waals surface area contributed by atoms with Crippen LogP contribution in [0.5, 0.6) is 0 Å². The van der Waals surface area contributed by atoms with Crippen LogP contribution in [0.1, 0.15) is 56.8 Å². The van der Waals surface area contributed by atoms with Gasteiger partial charge in [0, 0.05) is 11.1 Å². The summed E-state index contributed by atoms with van der Waals surface area (Å²) in [6.07, 6.45) is -12.4. The molecule has 0 heterocycles. The van der Waals surface area contributed by atoms with Crippen molar-refractivity contribution < 1.29 is 49.1 Å². The van der Waals surface area contributed by atoms with E-state index in [2.05, 4.69) is 0 Å². The number of hydrogen-bond acceptors (Lipinski definition) is 2. The molecule has 3 aromatic carbocycles. The normalized spacial score (nSPS) is 11.5. The lowest BCUT2D eigenvalue weighted by molar-refractivity contribution is -0.138. The Morgan fingerprint density at radius 3 is 1.37 bits per heavy atom. The maximum atomic E-state index is 12.1. The number of rotatable bonds is 3. The van der Waals surface area contributed by atoms with Gasteiger partial charge < -0.3 is 0 Å². The maximum Gasteiger partial charge on any atom is 0.416 e. The van der Waals surface area contributed by atoms with Crippen LogP contribution in [0.15, 0.2) is 72.8 Å². The Hall–Kier alpha value is -3.34. The number of benzene rings is 3. The van der Waals surface area contributed by atoms with E-state index in [-0.39, 0.29) is 16.9 Å². The lowest BCUT2D eigenvalue weighted by Gasteiger charge is -2.06. The zero-order valence-electron chi connectivity index (χ0n) is 19.7. The van der Waals surface area contributed by atoms with Crippen molar-refractivity contribution >= 4 is 22.6 Å². The van der Waals surface area contributed by atoms with Crippen LogP contribution in [0.3, 0.4) is 0 Å². The standard InChI is InChI=1S/C9H7F3O.C9H9F3.C8H4ClF3O/c1-6(13)7-3-2-4-8(5-7)9(10,11)12;1-2-7-4-3-5-8(6-7)9(10,11)12;9-7(13)5-2-1-3-6(4-5)8(10,11)12/h2-5H,1H3;3-6H,2H2,1H3;1-4H. The minimum atomic E-state index is -4.44. The van der Waals surface area contributed by atoms with Crippen molar-refractivity contribution in [2.75, 3.05) is 0 Å². The highest BCUT2D eigenvalue weighted by molar-refractivity contribution is 6.67. The van der Waals surface area contributed by atoms with E-state index in [1.165, 1.54) is 37.3 Å². The Bertz CT molecular complexity index is 1160. The summed E-state index contributed by atoms with van der Waals surface area (Å²) in [6.45, 7) is 3.06. The first kappa shape index (κ1) is 32.7. The van der Waals surface area contributed by atoms with Gasteiger partial charge in [-0.1, -0.05) is 49.4 Å². The molecule has 206 valence electrons. The number of aryl methyl sites for hydroxylation is 1. The molecule has 0 aliphatic carbocycles. The number of carbonyl (C=O) groups excluding carboxylic acids is 2. The molecule has 0 unspecified atom stereocenters. The van der Waals surface area contributed by atoms with Crippen LogP contribution in [-0.2, 0) is 24.9 Å². The summed E-state index contributed by atoms with van der Waals surface area (Å²) < 4.78 is 109. The van der Waals surface area contributed by atoms with E-state index in [0.717, 1.165) is 36.4 Å². The van der Waals surface area contributed by atoms with Crippen LogP contribution in [-0.4, -0.2) is 11.0 Å². The van der Waals surface area contributed by atoms with Crippen molar-refractivity contribution in [2.45, 2.75) is 38.8 Å². The van der Waals surface area contributed by atoms with E-state index in [9.17, 15) is 49.1 Å². The molecule has 0 aliphatic rings. The molecule has 12 heteroatoms. The summed E-state index contributed by atoms with van der Waals surface area (Å²) in [5.41, 5.74) is -1.60. The summed E-state index contributed by atoms with van der Waals surface area (Å²) >= 11 is 5.02. The molecule has 3 rings (SSSR count). The van der Waals surface area contributed by atoms with E-state index >= 15 is 0 Å². The molecule has 0 amide bonds. The summed E-state index contributed by atoms with van der Waals surface area (Å²) in [7, 11) is 0. The predicted molar refractivity (Wildman–Crippen MR) is 124 cm³/mol. The molecule has 0 atom stereocenters. The molecule has 3 aromatic rings. The van der Waals surface area contributed by atoms with Crippen molar-refractivity contribution in [3.8, 4) is 0 Å². The molecule has 0 aromatic heterocycles. The van der Waals surface area contributed by atoms with Crippen LogP contribution in [0.2, 0.25) is 0 Å². The van der Waals surface area contributed by atoms with Crippen LogP contribution in [0.4, 0.5) is 39.5 Å². The monoisotopic (exact) mass is 570 g/mol. The van der Waals surface area contributed by atoms with E-state index < -0.39 is 40.5 Å². The summed E-state index contributed by atoms with van der Waals surface area (Å²) in [5, 5.41) is -0.897. The molecule has 38 heavy (non-hydrogen) atoms. The quantitative estimate of drug-likeness (QED) is 0.179. The molecular weight excluding hydrogens is 551 g/mol. The second-order valence-corrected chi connectivity index (χ2v) is 7.88. The van der Waals surface area contributed by atoms with Crippen molar-refractivity contribution in [3.63, 3.8) is 0 Å². The summed E-state index contributed by atoms with van der Waals surface area (Å²) in [6, 6.07) is 13.7. The largest absolute Gasteiger partial charge is 0.416 e. The Morgan fingerprint density at radius 2 is 1.00 bits per heavy atom. The molecule has 0 spiro atoms. The van der Waals surface area contributed by atoms with Gasteiger partial charge in [0.25, 0.3) is 5.24 Å². The predicted octanol–water partition coefficient (Wildman–Crippen LogP) is 9.26. The first-order valence-electron chi connectivity index (χ1n) is 10.6. The van der Waals surface area contributed by atoms with Gasteiger partial charge in [-0.05, 0) is 60.8 Å². The Morgan fingerprint density at radius 1 is 0.632 bits per heavy atom. The van der Waals surface area contributed by atoms with Crippen molar-refractivity contribution in [3.05, 3.63) is 106 Å². The fourth-order valence-corrected chi connectivity index (χ4v) is 2.82. The minimum absolute atomic E-state index is 0.0785. The summed E-state index contributed by atoms with van der Waals surface area (Å²) in [5.74, 6) is -0.369. The SMILES string of the molecule is CC(=O)c1cccc(C(F)(F)F)c1.CCc1cccc(C(F)(F)F)c1.O=C(Cl)c1cccc(C(F)(F)F)c1. The molecular formula is C26H20ClF9O2. The highest BCUT2D eigenvalue weighted by atomic mass is 35.5. The maximum absolute atomic E-state index is 12.1. The number of hydrogen-bond donors (Lipinski definition) is 0. The fourth-order valence-electron chi connectivity index (χ4n) is 2.70. The van der Waals surface area contributed by atoms with Gasteiger partial charge in [0.15, 0.2) is 5.78 Å². The van der Waals surface area contributed by atoms with Gasteiger partial charge in [0.1, 0.15) is 0 Å². The van der Waals surface area contributed by atoms with Gasteiger partial charge in [0.2, 0.25) is 0 Å². The molecule has 0 aliphatic heterocycles. The second kappa shape index (κ2) is 13.5. The van der Waals surface area contributed by atoms with Gasteiger partial charge in [0.05, 0.1) is 16.7 Å². The van der Waals surface area contributed by atoms with Gasteiger partial charge in [-0.15, -0.1) is 0 Å². The van der Waals surface area contributed by atoms with E-state index in [4.69, 9.17) is 11.6 Å². The average molecular weight is 571 g/mol. The fraction of sp³-hybridized carbons (Fsp3) is 0.231. The topological polar surface area (TPSA) is 34.1 Å². The Balaban J connectivity index is 0.000000285. The highest BCUT2D eigenvalue weighted by Crippen LogP contribution is 2.31. The molecule has 0 fully saturated rings. The van der Waals surface area contributed by atoms with Crippen LogP contribution >= 0.6 is 11.6 Å². The van der Waals surface area contributed by atoms with Gasteiger partial charge in [-0.25, -0.2) is 0 Å². The summed E-state index contributed by atoms with van der Waals surface area (Å²) in [4.78, 5) is 21.3. The van der Waals surface area contributed by atoms with E-state index in [1.807, 2.05) is 6.92 Å². The average Bonchev–Trinajstić information content (AvgIpc) is 2.83. The van der Waals surface area contributed by atoms with Crippen LogP contribution < -0.4 is 0 Å². The molecule has 0 bridgehead atoms. The molecule has 0 N–H and O–H groups in total. The smallest absolute Gasteiger partial charge is 0.295 e. The van der Waals surface area contributed by atoms with Crippen molar-refractivity contribution in [2.24, 2.45) is 0 Å². The lowest BCUT2D eigenvalue weighted by Crippen LogP contribution is -2.06. The molecule has 2 nitrogen and oxygen atoms in total. The Labute approximate surface area is 217 Å². The van der Waals surface area contributed by atoms with Crippen molar-refractivity contribution in [1.29, 1.82) is 0 Å². The van der Waals surface area contributed by atoms with Gasteiger partial charge in [-0.2, -0.15) is 39.5 Å².